The van der Waals surface area contributed by atoms with E-state index in [4.69, 9.17) is 0 Å². The van der Waals surface area contributed by atoms with Gasteiger partial charge in [-0.05, 0) is 0 Å². The summed E-state index contributed by atoms with van der Waals surface area (Å²) in [5, 5.41) is 40.8. The Balaban J connectivity index is 3.76. The van der Waals surface area contributed by atoms with Crippen LogP contribution in [0.15, 0.2) is 11.0 Å². The highest BCUT2D eigenvalue weighted by Gasteiger charge is 2.35. The molecule has 0 bridgehead atoms. The number of thiol groups is 1. The number of rotatable bonds is 3. The molecule has 0 saturated carbocycles. The molecule has 11 heteroatoms. The molecule has 1 N–H and O–H groups in total. The fourth-order valence-electron chi connectivity index (χ4n) is 1.07. The van der Waals surface area contributed by atoms with Gasteiger partial charge in [-0.1, -0.05) is 0 Å². The highest BCUT2D eigenvalue weighted by molar-refractivity contribution is 7.80. The summed E-state index contributed by atoms with van der Waals surface area (Å²) >= 11 is 3.51. The van der Waals surface area contributed by atoms with Gasteiger partial charge in [0.15, 0.2) is 4.90 Å². The van der Waals surface area contributed by atoms with Gasteiger partial charge in [0, 0.05) is 0 Å². The maximum absolute atomic E-state index is 10.5. The van der Waals surface area contributed by atoms with E-state index in [1.165, 1.54) is 0 Å². The molecule has 1 aromatic carbocycles. The van der Waals surface area contributed by atoms with Crippen LogP contribution in [0.1, 0.15) is 0 Å². The molecule has 0 aliphatic carbocycles. The summed E-state index contributed by atoms with van der Waals surface area (Å²) in [6.45, 7) is 0. The third-order valence-electron chi connectivity index (χ3n) is 1.78. The van der Waals surface area contributed by atoms with Gasteiger partial charge < -0.3 is 5.11 Å². The van der Waals surface area contributed by atoms with Crippen LogP contribution < -0.4 is 0 Å². The number of nitrogens with zero attached hydrogens (tertiary/aromatic N) is 3. The minimum absolute atomic E-state index is 0.407. The largest absolute Gasteiger partial charge is 0.497 e. The van der Waals surface area contributed by atoms with E-state index in [-0.39, 0.29) is 0 Å². The van der Waals surface area contributed by atoms with Gasteiger partial charge in [0.2, 0.25) is 0 Å². The molecule has 0 aromatic heterocycles. The van der Waals surface area contributed by atoms with E-state index in [9.17, 15) is 35.4 Å². The number of benzene rings is 1. The van der Waals surface area contributed by atoms with Crippen LogP contribution in [0.4, 0.5) is 17.1 Å². The Hall–Kier alpha value is -2.43. The number of aromatic hydroxyl groups is 1. The third kappa shape index (κ3) is 2.08. The van der Waals surface area contributed by atoms with Gasteiger partial charge in [-0.2, -0.15) is 0 Å². The number of hydrogen-bond donors (Lipinski definition) is 2. The van der Waals surface area contributed by atoms with E-state index in [0.717, 1.165) is 0 Å². The van der Waals surface area contributed by atoms with Gasteiger partial charge in [-0.3, -0.25) is 30.3 Å². The lowest BCUT2D eigenvalue weighted by Crippen LogP contribution is -1.99. The highest BCUT2D eigenvalue weighted by atomic mass is 32.1. The zero-order valence-electron chi connectivity index (χ0n) is 7.76. The molecule has 17 heavy (non-hydrogen) atoms. The first-order valence-corrected chi connectivity index (χ1v) is 4.24. The SMILES string of the molecule is O=[N+]([O-])c1cc([N+](=O)[O-])c(S)c([N+](=O)[O-])c1O. The van der Waals surface area contributed by atoms with Crippen molar-refractivity contribution in [1.29, 1.82) is 0 Å². The minimum atomic E-state index is -1.27. The van der Waals surface area contributed by atoms with E-state index in [2.05, 4.69) is 12.6 Å². The molecule has 0 aliphatic heterocycles. The second kappa shape index (κ2) is 4.21. The molecular weight excluding hydrogens is 258 g/mol. The molecule has 0 radical (unpaired) electrons. The first kappa shape index (κ1) is 12.6. The second-order valence-electron chi connectivity index (χ2n) is 2.73. The lowest BCUT2D eigenvalue weighted by atomic mass is 10.2. The lowest BCUT2D eigenvalue weighted by molar-refractivity contribution is -0.408. The Morgan fingerprint density at radius 1 is 1.00 bits per heavy atom. The summed E-state index contributed by atoms with van der Waals surface area (Å²) in [7, 11) is 0. The maximum Gasteiger partial charge on any atom is 0.338 e. The fraction of sp³-hybridized carbons (Fsp3) is 0. The molecule has 0 amide bonds. The topological polar surface area (TPSA) is 150 Å². The summed E-state index contributed by atoms with van der Waals surface area (Å²) in [4.78, 5) is 27.4. The van der Waals surface area contributed by atoms with Crippen molar-refractivity contribution in [3.8, 4) is 5.75 Å². The van der Waals surface area contributed by atoms with Crippen LogP contribution >= 0.6 is 12.6 Å². The third-order valence-corrected chi connectivity index (χ3v) is 2.22. The van der Waals surface area contributed by atoms with Gasteiger partial charge in [0.25, 0.3) is 11.4 Å². The van der Waals surface area contributed by atoms with Crippen molar-refractivity contribution >= 4 is 29.7 Å². The Kier molecular flexibility index (Phi) is 3.13. The molecule has 0 spiro atoms. The Morgan fingerprint density at radius 2 is 1.47 bits per heavy atom. The van der Waals surface area contributed by atoms with E-state index < -0.39 is 42.5 Å². The standard InChI is InChI=1S/C6H3N3O7S/c10-5-2(7(11)12)1-3(8(13)14)6(17)4(5)9(15)16/h1,10,17H. The Bertz CT molecular complexity index is 505. The normalized spacial score (nSPS) is 9.94. The number of nitro groups is 3. The van der Waals surface area contributed by atoms with Crippen molar-refractivity contribution < 1.29 is 19.9 Å². The highest BCUT2D eigenvalue weighted by Crippen LogP contribution is 2.45. The van der Waals surface area contributed by atoms with Gasteiger partial charge in [-0.25, -0.2) is 0 Å². The fourth-order valence-corrected chi connectivity index (χ4v) is 1.41. The van der Waals surface area contributed by atoms with Crippen molar-refractivity contribution in [2.24, 2.45) is 0 Å². The number of hydrogen-bond acceptors (Lipinski definition) is 8. The minimum Gasteiger partial charge on any atom is -0.497 e. The van der Waals surface area contributed by atoms with Crippen LogP contribution in [0.3, 0.4) is 0 Å². The van der Waals surface area contributed by atoms with Crippen molar-refractivity contribution in [3.05, 3.63) is 36.4 Å². The molecule has 10 nitrogen and oxygen atoms in total. The van der Waals surface area contributed by atoms with E-state index in [1.54, 1.807) is 0 Å². The van der Waals surface area contributed by atoms with Crippen LogP contribution in [-0.4, -0.2) is 19.9 Å². The Labute approximate surface area is 97.3 Å². The summed E-state index contributed by atoms with van der Waals surface area (Å²) in [5.74, 6) is -1.27. The molecule has 0 saturated heterocycles. The van der Waals surface area contributed by atoms with Crippen molar-refractivity contribution in [2.45, 2.75) is 4.90 Å². The Morgan fingerprint density at radius 3 is 1.82 bits per heavy atom. The van der Waals surface area contributed by atoms with Crippen LogP contribution in [0.2, 0.25) is 0 Å². The van der Waals surface area contributed by atoms with Crippen molar-refractivity contribution in [1.82, 2.24) is 0 Å². The zero-order chi connectivity index (χ0) is 13.3. The predicted molar refractivity (Wildman–Crippen MR) is 55.3 cm³/mol. The van der Waals surface area contributed by atoms with E-state index >= 15 is 0 Å². The zero-order valence-corrected chi connectivity index (χ0v) is 8.66. The van der Waals surface area contributed by atoms with E-state index in [1.807, 2.05) is 0 Å². The number of phenolic OH excluding ortho intramolecular Hbond substituents is 1. The molecule has 0 atom stereocenters. The van der Waals surface area contributed by atoms with Crippen LogP contribution in [-0.2, 0) is 0 Å². The molecule has 1 rings (SSSR count). The lowest BCUT2D eigenvalue weighted by Gasteiger charge is -2.01. The molecule has 0 aliphatic rings. The second-order valence-corrected chi connectivity index (χ2v) is 3.18. The summed E-state index contributed by atoms with van der Waals surface area (Å²) in [6.07, 6.45) is 0. The van der Waals surface area contributed by atoms with Gasteiger partial charge in [0.1, 0.15) is 0 Å². The average molecular weight is 261 g/mol. The van der Waals surface area contributed by atoms with Crippen LogP contribution in [0.25, 0.3) is 0 Å². The van der Waals surface area contributed by atoms with E-state index in [0.29, 0.717) is 6.07 Å². The monoisotopic (exact) mass is 261 g/mol. The van der Waals surface area contributed by atoms with Gasteiger partial charge in [0.05, 0.1) is 20.8 Å². The quantitative estimate of drug-likeness (QED) is 0.474. The van der Waals surface area contributed by atoms with Gasteiger partial charge in [-0.15, -0.1) is 12.6 Å². The number of phenols is 1. The molecule has 1 aromatic rings. The van der Waals surface area contributed by atoms with Gasteiger partial charge >= 0.3 is 11.4 Å². The van der Waals surface area contributed by atoms with Crippen molar-refractivity contribution in [2.75, 3.05) is 0 Å². The molecular formula is C6H3N3O7S. The van der Waals surface area contributed by atoms with Crippen LogP contribution in [0, 0.1) is 30.3 Å². The maximum atomic E-state index is 10.5. The molecule has 0 unspecified atom stereocenters. The summed E-state index contributed by atoms with van der Waals surface area (Å²) < 4.78 is 0. The molecule has 0 fully saturated rings. The first-order chi connectivity index (χ1) is 7.77. The first-order valence-electron chi connectivity index (χ1n) is 3.79. The molecule has 0 heterocycles. The average Bonchev–Trinajstić information content (AvgIpc) is 2.15. The summed E-state index contributed by atoms with van der Waals surface area (Å²) in [6, 6.07) is 0.407. The smallest absolute Gasteiger partial charge is 0.338 e. The number of nitro benzene ring substituents is 3. The molecule has 90 valence electrons. The predicted octanol–water partition coefficient (Wildman–Crippen LogP) is 1.41. The van der Waals surface area contributed by atoms with Crippen LogP contribution in [0.5, 0.6) is 5.75 Å². The van der Waals surface area contributed by atoms with Crippen molar-refractivity contribution in [3.63, 3.8) is 0 Å². The summed E-state index contributed by atoms with van der Waals surface area (Å²) in [5.41, 5.74) is -3.22.